The highest BCUT2D eigenvalue weighted by Gasteiger charge is 2.29. The first kappa shape index (κ1) is 21.8. The monoisotopic (exact) mass is 427 g/mol. The molecule has 1 fully saturated rings. The lowest BCUT2D eigenvalue weighted by molar-refractivity contribution is -0.135. The number of nitrogens with zero attached hydrogens (tertiary/aromatic N) is 2. The Morgan fingerprint density at radius 1 is 1.29 bits per heavy atom. The molecule has 1 aliphatic rings. The van der Waals surface area contributed by atoms with Crippen LogP contribution in [0.2, 0.25) is 5.02 Å². The summed E-state index contributed by atoms with van der Waals surface area (Å²) in [6, 6.07) is 9.04. The molecule has 6 nitrogen and oxygen atoms in total. The first-order valence-electron chi connectivity index (χ1n) is 8.33. The van der Waals surface area contributed by atoms with Crippen molar-refractivity contribution in [2.24, 2.45) is 0 Å². The summed E-state index contributed by atoms with van der Waals surface area (Å²) in [6.45, 7) is 0.937. The number of piperazine rings is 1. The van der Waals surface area contributed by atoms with Gasteiger partial charge >= 0.3 is 0 Å². The van der Waals surface area contributed by atoms with E-state index in [1.807, 2.05) is 0 Å². The molecule has 2 N–H and O–H groups in total. The largest absolute Gasteiger partial charge is 0.496 e. The van der Waals surface area contributed by atoms with Crippen molar-refractivity contribution in [1.29, 1.82) is 0 Å². The van der Waals surface area contributed by atoms with Crippen LogP contribution >= 0.6 is 24.0 Å². The second-order valence-corrected chi connectivity index (χ2v) is 6.65. The fourth-order valence-electron chi connectivity index (χ4n) is 2.98. The van der Waals surface area contributed by atoms with Gasteiger partial charge in [-0.2, -0.15) is 0 Å². The van der Waals surface area contributed by atoms with Gasteiger partial charge in [-0.3, -0.25) is 9.59 Å². The van der Waals surface area contributed by atoms with Crippen LogP contribution in [-0.2, 0) is 11.3 Å². The summed E-state index contributed by atoms with van der Waals surface area (Å²) in [5, 5.41) is 0.246. The minimum atomic E-state index is -0.354. The van der Waals surface area contributed by atoms with E-state index in [4.69, 9.17) is 22.1 Å². The number of hydrogen-bond acceptors (Lipinski definition) is 4. The van der Waals surface area contributed by atoms with Crippen molar-refractivity contribution in [3.05, 3.63) is 58.4 Å². The van der Waals surface area contributed by atoms with Crippen LogP contribution in [0.25, 0.3) is 0 Å². The summed E-state index contributed by atoms with van der Waals surface area (Å²) in [5.74, 6) is -0.607. The number of halogens is 3. The Hall–Kier alpha value is -2.51. The topological polar surface area (TPSA) is 75.9 Å². The summed E-state index contributed by atoms with van der Waals surface area (Å²) in [5.41, 5.74) is 7.01. The molecule has 3 rings (SSSR count). The molecule has 28 heavy (non-hydrogen) atoms. The van der Waals surface area contributed by atoms with Gasteiger partial charge in [0.05, 0.1) is 23.4 Å². The van der Waals surface area contributed by atoms with Gasteiger partial charge < -0.3 is 20.3 Å². The van der Waals surface area contributed by atoms with Crippen LogP contribution in [0, 0.1) is 5.82 Å². The Morgan fingerprint density at radius 3 is 2.68 bits per heavy atom. The molecule has 0 atom stereocenters. The van der Waals surface area contributed by atoms with Crippen LogP contribution in [0.15, 0.2) is 36.4 Å². The lowest BCUT2D eigenvalue weighted by Gasteiger charge is -2.34. The second kappa shape index (κ2) is 9.12. The van der Waals surface area contributed by atoms with E-state index in [1.54, 1.807) is 17.0 Å². The summed E-state index contributed by atoms with van der Waals surface area (Å²) < 4.78 is 18.5. The molecule has 0 bridgehead atoms. The Kier molecular flexibility index (Phi) is 7.10. The molecule has 2 amide bonds. The van der Waals surface area contributed by atoms with Crippen molar-refractivity contribution in [3.8, 4) is 5.75 Å². The Bertz CT molecular complexity index is 895. The van der Waals surface area contributed by atoms with Crippen molar-refractivity contribution in [3.63, 3.8) is 0 Å². The highest BCUT2D eigenvalue weighted by atomic mass is 35.5. The maximum Gasteiger partial charge on any atom is 0.258 e. The number of nitrogens with two attached hydrogens (primary N) is 1. The van der Waals surface area contributed by atoms with Gasteiger partial charge in [-0.1, -0.05) is 23.7 Å². The molecule has 0 aromatic heterocycles. The van der Waals surface area contributed by atoms with Gasteiger partial charge in [0.1, 0.15) is 18.1 Å². The molecule has 0 radical (unpaired) electrons. The summed E-state index contributed by atoms with van der Waals surface area (Å²) in [7, 11) is 1.43. The fourth-order valence-corrected chi connectivity index (χ4v) is 3.14. The number of carbonyl (C=O) groups excluding carboxylic acids is 2. The highest BCUT2D eigenvalue weighted by molar-refractivity contribution is 6.33. The summed E-state index contributed by atoms with van der Waals surface area (Å²) in [6.07, 6.45) is 0. The van der Waals surface area contributed by atoms with Gasteiger partial charge in [0.2, 0.25) is 5.91 Å². The predicted molar refractivity (Wildman–Crippen MR) is 107 cm³/mol. The first-order valence-corrected chi connectivity index (χ1v) is 8.71. The van der Waals surface area contributed by atoms with Crippen LogP contribution in [0.1, 0.15) is 15.9 Å². The van der Waals surface area contributed by atoms with Crippen LogP contribution in [-0.4, -0.2) is 48.4 Å². The van der Waals surface area contributed by atoms with Gasteiger partial charge in [0.15, 0.2) is 0 Å². The maximum absolute atomic E-state index is 13.3. The van der Waals surface area contributed by atoms with E-state index >= 15 is 0 Å². The highest BCUT2D eigenvalue weighted by Crippen LogP contribution is 2.30. The third kappa shape index (κ3) is 4.66. The molecule has 1 heterocycles. The number of hydrogen-bond donors (Lipinski definition) is 1. The number of anilines is 1. The average molecular weight is 428 g/mol. The van der Waals surface area contributed by atoms with Crippen molar-refractivity contribution < 1.29 is 18.7 Å². The van der Waals surface area contributed by atoms with Crippen molar-refractivity contribution in [2.45, 2.75) is 6.54 Å². The molecular formula is C19H20Cl2FN3O3. The lowest BCUT2D eigenvalue weighted by atomic mass is 10.1. The van der Waals surface area contributed by atoms with E-state index < -0.39 is 0 Å². The molecule has 1 aliphatic heterocycles. The normalized spacial score (nSPS) is 13.9. The zero-order valence-corrected chi connectivity index (χ0v) is 16.7. The van der Waals surface area contributed by atoms with Gasteiger partial charge in [-0.25, -0.2) is 4.39 Å². The minimum Gasteiger partial charge on any atom is -0.496 e. The standard InChI is InChI=1S/C19H19ClFN3O3.ClH/c1-27-17-9-16(22)15(20)8-14(17)19(26)24-6-5-23(18(25)11-24)10-12-3-2-4-13(21)7-12;/h2-4,7-9H,5-6,10-11,22H2,1H3;1H. The summed E-state index contributed by atoms with van der Waals surface area (Å²) >= 11 is 6.02. The van der Waals surface area contributed by atoms with Gasteiger partial charge in [-0.15, -0.1) is 12.4 Å². The third-order valence-electron chi connectivity index (χ3n) is 4.42. The number of nitrogen functional groups attached to an aromatic ring is 1. The maximum atomic E-state index is 13.3. The number of ether oxygens (including phenoxy) is 1. The quantitative estimate of drug-likeness (QED) is 0.760. The predicted octanol–water partition coefficient (Wildman–Crippen LogP) is 2.98. The SMILES string of the molecule is COc1cc(N)c(Cl)cc1C(=O)N1CCN(Cc2cccc(F)c2)C(=O)C1.Cl. The van der Waals surface area contributed by atoms with E-state index in [1.165, 1.54) is 36.3 Å². The number of methoxy groups -OCH3 is 1. The number of benzene rings is 2. The van der Waals surface area contributed by atoms with E-state index in [9.17, 15) is 14.0 Å². The van der Waals surface area contributed by atoms with Gasteiger partial charge in [0.25, 0.3) is 5.91 Å². The van der Waals surface area contributed by atoms with E-state index in [0.717, 1.165) is 0 Å². The Morgan fingerprint density at radius 2 is 2.04 bits per heavy atom. The number of amides is 2. The molecule has 0 saturated carbocycles. The molecular weight excluding hydrogens is 408 g/mol. The molecule has 0 unspecified atom stereocenters. The number of carbonyl (C=O) groups is 2. The minimum absolute atomic E-state index is 0. The van der Waals surface area contributed by atoms with E-state index in [2.05, 4.69) is 0 Å². The van der Waals surface area contributed by atoms with Crippen molar-refractivity contribution in [2.75, 3.05) is 32.5 Å². The molecule has 2 aromatic rings. The van der Waals surface area contributed by atoms with Crippen molar-refractivity contribution in [1.82, 2.24) is 9.80 Å². The van der Waals surface area contributed by atoms with Crippen LogP contribution in [0.5, 0.6) is 5.75 Å². The summed E-state index contributed by atoms with van der Waals surface area (Å²) in [4.78, 5) is 28.3. The van der Waals surface area contributed by atoms with Crippen molar-refractivity contribution >= 4 is 41.5 Å². The zero-order valence-electron chi connectivity index (χ0n) is 15.2. The van der Waals surface area contributed by atoms with Crippen LogP contribution in [0.4, 0.5) is 10.1 Å². The van der Waals surface area contributed by atoms with Crippen LogP contribution in [0.3, 0.4) is 0 Å². The first-order chi connectivity index (χ1) is 12.9. The molecule has 0 spiro atoms. The molecule has 0 aliphatic carbocycles. The number of rotatable bonds is 4. The van der Waals surface area contributed by atoms with Gasteiger partial charge in [0, 0.05) is 25.7 Å². The third-order valence-corrected chi connectivity index (χ3v) is 4.74. The van der Waals surface area contributed by atoms with E-state index in [0.29, 0.717) is 36.6 Å². The second-order valence-electron chi connectivity index (χ2n) is 6.25. The molecule has 2 aromatic carbocycles. The zero-order chi connectivity index (χ0) is 19.6. The van der Waals surface area contributed by atoms with Gasteiger partial charge in [-0.05, 0) is 23.8 Å². The Balaban J connectivity index is 0.00000280. The average Bonchev–Trinajstić information content (AvgIpc) is 2.64. The Labute approximate surface area is 173 Å². The van der Waals surface area contributed by atoms with Crippen LogP contribution < -0.4 is 10.5 Å². The fraction of sp³-hybridized carbons (Fsp3) is 0.263. The lowest BCUT2D eigenvalue weighted by Crippen LogP contribution is -2.51. The molecule has 9 heteroatoms. The smallest absolute Gasteiger partial charge is 0.258 e. The molecule has 150 valence electrons. The van der Waals surface area contributed by atoms with E-state index in [-0.39, 0.29) is 47.2 Å². The molecule has 1 saturated heterocycles.